The quantitative estimate of drug-likeness (QED) is 0.453. The average molecular weight is 368 g/mol. The Bertz CT molecular complexity index is 571. The summed E-state index contributed by atoms with van der Waals surface area (Å²) in [6.45, 7) is 3.10. The predicted octanol–water partition coefficient (Wildman–Crippen LogP) is 7.25. The van der Waals surface area contributed by atoms with Gasteiger partial charge >= 0.3 is 0 Å². The van der Waals surface area contributed by atoms with Gasteiger partial charge in [0.15, 0.2) is 0 Å². The fourth-order valence-corrected chi connectivity index (χ4v) is 4.98. The van der Waals surface area contributed by atoms with E-state index in [0.717, 1.165) is 49.9 Å². The van der Waals surface area contributed by atoms with E-state index >= 15 is 0 Å². The molecule has 2 nitrogen and oxygen atoms in total. The number of nitriles is 1. The van der Waals surface area contributed by atoms with Gasteiger partial charge in [0.1, 0.15) is 5.75 Å². The molecule has 2 heteroatoms. The highest BCUT2D eigenvalue weighted by Gasteiger charge is 2.23. The van der Waals surface area contributed by atoms with Crippen LogP contribution in [0.2, 0.25) is 0 Å². The Kier molecular flexibility index (Phi) is 8.06. The molecule has 0 spiro atoms. The molecule has 0 unspecified atom stereocenters. The summed E-state index contributed by atoms with van der Waals surface area (Å²) in [4.78, 5) is 0. The number of rotatable bonds is 8. The Morgan fingerprint density at radius 1 is 0.889 bits per heavy atom. The standard InChI is InChI=1S/C25H37NO/c1-2-3-4-5-20-10-12-23(13-11-20)24-14-16-25(17-15-24)27-19-22-8-6-21(18-26)7-9-22/h14-17,20-23H,2-13,19H2,1H3/t20-,21?,22?,23-. The second-order valence-electron chi connectivity index (χ2n) is 8.94. The largest absolute Gasteiger partial charge is 0.493 e. The third kappa shape index (κ3) is 6.27. The molecular formula is C25H37NO. The summed E-state index contributed by atoms with van der Waals surface area (Å²) in [5, 5.41) is 9.00. The van der Waals surface area contributed by atoms with Crippen molar-refractivity contribution in [1.29, 1.82) is 5.26 Å². The van der Waals surface area contributed by atoms with Crippen molar-refractivity contribution in [2.45, 2.75) is 89.9 Å². The summed E-state index contributed by atoms with van der Waals surface area (Å²) >= 11 is 0. The fourth-order valence-electron chi connectivity index (χ4n) is 4.98. The van der Waals surface area contributed by atoms with Crippen molar-refractivity contribution in [3.05, 3.63) is 29.8 Å². The average Bonchev–Trinajstić information content (AvgIpc) is 2.74. The zero-order valence-corrected chi connectivity index (χ0v) is 17.2. The van der Waals surface area contributed by atoms with Crippen LogP contribution in [-0.2, 0) is 0 Å². The lowest BCUT2D eigenvalue weighted by atomic mass is 9.77. The summed E-state index contributed by atoms with van der Waals surface area (Å²) in [6, 6.07) is 11.3. The first-order valence-corrected chi connectivity index (χ1v) is 11.4. The minimum atomic E-state index is 0.280. The van der Waals surface area contributed by atoms with Gasteiger partial charge in [-0.1, -0.05) is 44.7 Å². The van der Waals surface area contributed by atoms with Crippen LogP contribution in [0.1, 0.15) is 95.5 Å². The monoisotopic (exact) mass is 367 g/mol. The maximum Gasteiger partial charge on any atom is 0.119 e. The molecule has 3 rings (SSSR count). The van der Waals surface area contributed by atoms with E-state index in [-0.39, 0.29) is 5.92 Å². The van der Waals surface area contributed by atoms with Gasteiger partial charge in [0.2, 0.25) is 0 Å². The van der Waals surface area contributed by atoms with Crippen molar-refractivity contribution in [3.8, 4) is 11.8 Å². The summed E-state index contributed by atoms with van der Waals surface area (Å²) in [5.74, 6) is 3.64. The Labute approximate surface area is 166 Å². The molecule has 2 saturated carbocycles. The van der Waals surface area contributed by atoms with E-state index in [1.54, 1.807) is 0 Å². The van der Waals surface area contributed by atoms with Gasteiger partial charge < -0.3 is 4.74 Å². The van der Waals surface area contributed by atoms with E-state index in [9.17, 15) is 0 Å². The molecule has 0 saturated heterocycles. The highest BCUT2D eigenvalue weighted by molar-refractivity contribution is 5.29. The Morgan fingerprint density at radius 2 is 1.56 bits per heavy atom. The first-order valence-electron chi connectivity index (χ1n) is 11.4. The minimum absolute atomic E-state index is 0.280. The summed E-state index contributed by atoms with van der Waals surface area (Å²) in [5.41, 5.74) is 1.50. The lowest BCUT2D eigenvalue weighted by Gasteiger charge is -2.29. The van der Waals surface area contributed by atoms with Crippen LogP contribution in [0.3, 0.4) is 0 Å². The van der Waals surface area contributed by atoms with Gasteiger partial charge in [-0.3, -0.25) is 0 Å². The fraction of sp³-hybridized carbons (Fsp3) is 0.720. The summed E-state index contributed by atoms with van der Waals surface area (Å²) in [7, 11) is 0. The second-order valence-corrected chi connectivity index (χ2v) is 8.94. The maximum absolute atomic E-state index is 9.00. The SMILES string of the molecule is CCCCC[C@H]1CC[C@H](c2ccc(OCC3CCC(C#N)CC3)cc2)CC1. The highest BCUT2D eigenvalue weighted by atomic mass is 16.5. The Morgan fingerprint density at radius 3 is 2.19 bits per heavy atom. The molecule has 0 heterocycles. The van der Waals surface area contributed by atoms with E-state index in [4.69, 9.17) is 10.00 Å². The molecule has 0 atom stereocenters. The number of nitrogens with zero attached hydrogens (tertiary/aromatic N) is 1. The van der Waals surface area contributed by atoms with Gasteiger partial charge in [-0.05, 0) is 86.8 Å². The number of ether oxygens (including phenoxy) is 1. The van der Waals surface area contributed by atoms with Gasteiger partial charge in [0.05, 0.1) is 12.7 Å². The van der Waals surface area contributed by atoms with Crippen molar-refractivity contribution < 1.29 is 4.74 Å². The minimum Gasteiger partial charge on any atom is -0.493 e. The molecule has 0 bridgehead atoms. The van der Waals surface area contributed by atoms with E-state index in [2.05, 4.69) is 37.3 Å². The molecule has 1 aromatic carbocycles. The van der Waals surface area contributed by atoms with Crippen LogP contribution in [0.25, 0.3) is 0 Å². The summed E-state index contributed by atoms with van der Waals surface area (Å²) in [6.07, 6.45) is 15.5. The lowest BCUT2D eigenvalue weighted by molar-refractivity contribution is 0.196. The number of hydrogen-bond acceptors (Lipinski definition) is 2. The van der Waals surface area contributed by atoms with E-state index < -0.39 is 0 Å². The lowest BCUT2D eigenvalue weighted by Crippen LogP contribution is -2.19. The third-order valence-corrected chi connectivity index (χ3v) is 6.93. The molecule has 0 radical (unpaired) electrons. The molecule has 2 fully saturated rings. The molecule has 0 aromatic heterocycles. The van der Waals surface area contributed by atoms with Gasteiger partial charge in [-0.25, -0.2) is 0 Å². The van der Waals surface area contributed by atoms with Crippen LogP contribution in [0.4, 0.5) is 0 Å². The van der Waals surface area contributed by atoms with Gasteiger partial charge in [0, 0.05) is 5.92 Å². The van der Waals surface area contributed by atoms with Crippen LogP contribution in [0.5, 0.6) is 5.75 Å². The van der Waals surface area contributed by atoms with Crippen molar-refractivity contribution in [2.24, 2.45) is 17.8 Å². The molecule has 2 aliphatic carbocycles. The Hall–Kier alpha value is -1.49. The van der Waals surface area contributed by atoms with Crippen molar-refractivity contribution >= 4 is 0 Å². The van der Waals surface area contributed by atoms with Crippen molar-refractivity contribution in [1.82, 2.24) is 0 Å². The van der Waals surface area contributed by atoms with E-state index in [1.807, 2.05) is 0 Å². The van der Waals surface area contributed by atoms with Crippen LogP contribution in [-0.4, -0.2) is 6.61 Å². The Balaban J connectivity index is 1.38. The van der Waals surface area contributed by atoms with E-state index in [1.165, 1.54) is 56.9 Å². The number of hydrogen-bond donors (Lipinski definition) is 0. The summed E-state index contributed by atoms with van der Waals surface area (Å²) < 4.78 is 6.05. The van der Waals surface area contributed by atoms with Crippen molar-refractivity contribution in [2.75, 3.05) is 6.61 Å². The smallest absolute Gasteiger partial charge is 0.119 e. The van der Waals surface area contributed by atoms with Crippen LogP contribution < -0.4 is 4.74 Å². The first-order chi connectivity index (χ1) is 13.3. The zero-order valence-electron chi connectivity index (χ0n) is 17.2. The van der Waals surface area contributed by atoms with E-state index in [0.29, 0.717) is 5.92 Å². The normalized spacial score (nSPS) is 28.4. The molecule has 27 heavy (non-hydrogen) atoms. The van der Waals surface area contributed by atoms with Gasteiger partial charge in [0.25, 0.3) is 0 Å². The molecule has 148 valence electrons. The molecule has 0 amide bonds. The molecular weight excluding hydrogens is 330 g/mol. The highest BCUT2D eigenvalue weighted by Crippen LogP contribution is 2.38. The molecule has 0 N–H and O–H groups in total. The molecule has 0 aliphatic heterocycles. The topological polar surface area (TPSA) is 33.0 Å². The zero-order chi connectivity index (χ0) is 18.9. The first kappa shape index (κ1) is 20.2. The number of benzene rings is 1. The van der Waals surface area contributed by atoms with Crippen molar-refractivity contribution in [3.63, 3.8) is 0 Å². The van der Waals surface area contributed by atoms with Gasteiger partial charge in [-0.15, -0.1) is 0 Å². The number of unbranched alkanes of at least 4 members (excludes halogenated alkanes) is 2. The predicted molar refractivity (Wildman–Crippen MR) is 112 cm³/mol. The second kappa shape index (κ2) is 10.7. The maximum atomic E-state index is 9.00. The van der Waals surface area contributed by atoms with Crippen LogP contribution in [0, 0.1) is 29.1 Å². The van der Waals surface area contributed by atoms with Crippen LogP contribution >= 0.6 is 0 Å². The third-order valence-electron chi connectivity index (χ3n) is 6.93. The molecule has 1 aromatic rings. The molecule has 2 aliphatic rings. The van der Waals surface area contributed by atoms with Crippen LogP contribution in [0.15, 0.2) is 24.3 Å². The van der Waals surface area contributed by atoms with Gasteiger partial charge in [-0.2, -0.15) is 5.26 Å².